The van der Waals surface area contributed by atoms with Crippen LogP contribution in [0.3, 0.4) is 0 Å². The number of aliphatic hydroxyl groups is 1. The average Bonchev–Trinajstić information content (AvgIpc) is 2.80. The molecule has 0 aromatic heterocycles. The standard InChI is InChI=1S/C27H33ClN2O3/c1-27(2)17-30(15-14-23(27)18-8-10-20(28)11-9-18)26(33)22-16-21(31)12-13-24(22)29-25(32)19-6-4-3-5-7-19/h3-11,21-24,31H,12-17H2,1-2H3,(H,29,32)/t21?,22-,23?,24+/m0/s1. The van der Waals surface area contributed by atoms with Crippen molar-refractivity contribution in [3.05, 3.63) is 70.7 Å². The normalized spacial score (nSPS) is 27.1. The Balaban J connectivity index is 1.47. The number of hydrogen-bond acceptors (Lipinski definition) is 3. The van der Waals surface area contributed by atoms with Crippen LogP contribution in [0.2, 0.25) is 5.02 Å². The lowest BCUT2D eigenvalue weighted by atomic mass is 9.70. The van der Waals surface area contributed by atoms with Gasteiger partial charge in [-0.3, -0.25) is 9.59 Å². The van der Waals surface area contributed by atoms with E-state index in [0.29, 0.717) is 43.8 Å². The van der Waals surface area contributed by atoms with Crippen molar-refractivity contribution >= 4 is 23.4 Å². The van der Waals surface area contributed by atoms with E-state index >= 15 is 0 Å². The predicted octanol–water partition coefficient (Wildman–Crippen LogP) is 4.64. The van der Waals surface area contributed by atoms with E-state index in [1.165, 1.54) is 5.56 Å². The second kappa shape index (κ2) is 9.86. The second-order valence-electron chi connectivity index (χ2n) is 10.2. The zero-order valence-electron chi connectivity index (χ0n) is 19.3. The van der Waals surface area contributed by atoms with Crippen LogP contribution in [-0.4, -0.2) is 47.1 Å². The lowest BCUT2D eigenvalue weighted by Crippen LogP contribution is -2.55. The van der Waals surface area contributed by atoms with Crippen LogP contribution in [0.25, 0.3) is 0 Å². The van der Waals surface area contributed by atoms with Crippen molar-refractivity contribution in [2.75, 3.05) is 13.1 Å². The fraction of sp³-hybridized carbons (Fsp3) is 0.481. The Hall–Kier alpha value is -2.37. The lowest BCUT2D eigenvalue weighted by Gasteiger charge is -2.46. The molecular weight excluding hydrogens is 436 g/mol. The SMILES string of the molecule is CC1(C)CN(C(=O)[C@H]2CC(O)CC[C@H]2NC(=O)c2ccccc2)CCC1c1ccc(Cl)cc1. The highest BCUT2D eigenvalue weighted by molar-refractivity contribution is 6.30. The highest BCUT2D eigenvalue weighted by atomic mass is 35.5. The number of carbonyl (C=O) groups is 2. The molecule has 1 aliphatic carbocycles. The zero-order valence-corrected chi connectivity index (χ0v) is 20.1. The summed E-state index contributed by atoms with van der Waals surface area (Å²) in [4.78, 5) is 28.3. The van der Waals surface area contributed by atoms with Crippen molar-refractivity contribution < 1.29 is 14.7 Å². The summed E-state index contributed by atoms with van der Waals surface area (Å²) in [6.45, 7) is 5.72. The maximum Gasteiger partial charge on any atom is 0.251 e. The Morgan fingerprint density at radius 2 is 1.73 bits per heavy atom. The number of carbonyl (C=O) groups excluding carboxylic acids is 2. The number of nitrogens with zero attached hydrogens (tertiary/aromatic N) is 1. The molecule has 2 unspecified atom stereocenters. The zero-order chi connectivity index (χ0) is 23.6. The maximum absolute atomic E-state index is 13.6. The minimum Gasteiger partial charge on any atom is -0.393 e. The van der Waals surface area contributed by atoms with Crippen LogP contribution in [0.5, 0.6) is 0 Å². The molecule has 2 aliphatic rings. The van der Waals surface area contributed by atoms with E-state index in [-0.39, 0.29) is 23.3 Å². The van der Waals surface area contributed by atoms with Gasteiger partial charge < -0.3 is 15.3 Å². The third kappa shape index (κ3) is 5.42. The fourth-order valence-electron chi connectivity index (χ4n) is 5.53. The molecule has 0 bridgehead atoms. The Labute approximate surface area is 201 Å². The molecule has 0 spiro atoms. The van der Waals surface area contributed by atoms with Crippen molar-refractivity contribution in [2.45, 2.75) is 57.6 Å². The minimum absolute atomic E-state index is 0.0368. The first kappa shape index (κ1) is 23.8. The number of likely N-dealkylation sites (tertiary alicyclic amines) is 1. The number of amides is 2. The number of aliphatic hydroxyl groups excluding tert-OH is 1. The third-order valence-electron chi connectivity index (χ3n) is 7.31. The summed E-state index contributed by atoms with van der Waals surface area (Å²) in [5.74, 6) is -0.208. The van der Waals surface area contributed by atoms with Gasteiger partial charge in [0.25, 0.3) is 5.91 Å². The molecule has 33 heavy (non-hydrogen) atoms. The lowest BCUT2D eigenvalue weighted by molar-refractivity contribution is -0.142. The van der Waals surface area contributed by atoms with Crippen molar-refractivity contribution in [1.82, 2.24) is 10.2 Å². The van der Waals surface area contributed by atoms with Crippen molar-refractivity contribution in [1.29, 1.82) is 0 Å². The van der Waals surface area contributed by atoms with Gasteiger partial charge >= 0.3 is 0 Å². The Kier molecular flexibility index (Phi) is 7.10. The smallest absolute Gasteiger partial charge is 0.251 e. The van der Waals surface area contributed by atoms with Crippen molar-refractivity contribution in [3.63, 3.8) is 0 Å². The topological polar surface area (TPSA) is 69.6 Å². The number of piperidine rings is 1. The monoisotopic (exact) mass is 468 g/mol. The van der Waals surface area contributed by atoms with Crippen LogP contribution < -0.4 is 5.32 Å². The first-order valence-corrected chi connectivity index (χ1v) is 12.2. The average molecular weight is 469 g/mol. The summed E-state index contributed by atoms with van der Waals surface area (Å²) in [6, 6.07) is 16.8. The van der Waals surface area contributed by atoms with Crippen LogP contribution in [0, 0.1) is 11.3 Å². The number of benzene rings is 2. The molecule has 2 amide bonds. The number of nitrogens with one attached hydrogen (secondary N) is 1. The summed E-state index contributed by atoms with van der Waals surface area (Å²) in [5.41, 5.74) is 1.73. The molecule has 5 nitrogen and oxygen atoms in total. The molecule has 1 saturated carbocycles. The van der Waals surface area contributed by atoms with E-state index in [9.17, 15) is 14.7 Å². The van der Waals surface area contributed by atoms with Gasteiger partial charge in [-0.15, -0.1) is 0 Å². The summed E-state index contributed by atoms with van der Waals surface area (Å²) in [7, 11) is 0. The van der Waals surface area contributed by atoms with E-state index in [1.807, 2.05) is 35.2 Å². The summed E-state index contributed by atoms with van der Waals surface area (Å²) in [5, 5.41) is 14.1. The molecule has 6 heteroatoms. The quantitative estimate of drug-likeness (QED) is 0.686. The van der Waals surface area contributed by atoms with E-state index in [1.54, 1.807) is 12.1 Å². The number of hydrogen-bond donors (Lipinski definition) is 2. The molecule has 2 aromatic carbocycles. The molecule has 4 rings (SSSR count). The Morgan fingerprint density at radius 3 is 2.39 bits per heavy atom. The third-order valence-corrected chi connectivity index (χ3v) is 7.56. The maximum atomic E-state index is 13.6. The van der Waals surface area contributed by atoms with Gasteiger partial charge in [-0.2, -0.15) is 0 Å². The van der Waals surface area contributed by atoms with Crippen LogP contribution >= 0.6 is 11.6 Å². The Bertz CT molecular complexity index is 977. The molecule has 1 aliphatic heterocycles. The highest BCUT2D eigenvalue weighted by Crippen LogP contribution is 2.43. The molecule has 1 heterocycles. The summed E-state index contributed by atoms with van der Waals surface area (Å²) in [6.07, 6.45) is 1.93. The van der Waals surface area contributed by atoms with Crippen molar-refractivity contribution in [3.8, 4) is 0 Å². The first-order chi connectivity index (χ1) is 15.7. The van der Waals surface area contributed by atoms with Gasteiger partial charge in [0.2, 0.25) is 5.91 Å². The molecule has 176 valence electrons. The molecule has 2 fully saturated rings. The van der Waals surface area contributed by atoms with Crippen LogP contribution in [0.4, 0.5) is 0 Å². The highest BCUT2D eigenvalue weighted by Gasteiger charge is 2.43. The van der Waals surface area contributed by atoms with E-state index in [4.69, 9.17) is 11.6 Å². The van der Waals surface area contributed by atoms with E-state index in [0.717, 1.165) is 11.4 Å². The molecule has 1 saturated heterocycles. The van der Waals surface area contributed by atoms with Crippen LogP contribution in [-0.2, 0) is 4.79 Å². The predicted molar refractivity (Wildman–Crippen MR) is 130 cm³/mol. The van der Waals surface area contributed by atoms with Gasteiger partial charge in [0.1, 0.15) is 0 Å². The van der Waals surface area contributed by atoms with E-state index < -0.39 is 12.0 Å². The van der Waals surface area contributed by atoms with Gasteiger partial charge in [0.15, 0.2) is 0 Å². The van der Waals surface area contributed by atoms with Gasteiger partial charge in [-0.05, 0) is 66.8 Å². The molecule has 2 aromatic rings. The number of rotatable bonds is 4. The molecule has 4 atom stereocenters. The van der Waals surface area contributed by atoms with Gasteiger partial charge in [0, 0.05) is 29.7 Å². The van der Waals surface area contributed by atoms with E-state index in [2.05, 4.69) is 31.3 Å². The van der Waals surface area contributed by atoms with Gasteiger partial charge in [-0.25, -0.2) is 0 Å². The summed E-state index contributed by atoms with van der Waals surface area (Å²) < 4.78 is 0. The molecule has 0 radical (unpaired) electrons. The second-order valence-corrected chi connectivity index (χ2v) is 10.6. The van der Waals surface area contributed by atoms with Crippen molar-refractivity contribution in [2.24, 2.45) is 11.3 Å². The fourth-order valence-corrected chi connectivity index (χ4v) is 5.65. The van der Waals surface area contributed by atoms with Crippen LogP contribution in [0.1, 0.15) is 61.4 Å². The van der Waals surface area contributed by atoms with Gasteiger partial charge in [-0.1, -0.05) is 55.8 Å². The first-order valence-electron chi connectivity index (χ1n) is 11.8. The Morgan fingerprint density at radius 1 is 1.03 bits per heavy atom. The minimum atomic E-state index is -0.511. The summed E-state index contributed by atoms with van der Waals surface area (Å²) >= 11 is 6.07. The van der Waals surface area contributed by atoms with Gasteiger partial charge in [0.05, 0.1) is 12.0 Å². The van der Waals surface area contributed by atoms with Crippen LogP contribution in [0.15, 0.2) is 54.6 Å². The number of halogens is 1. The molecular formula is C27H33ClN2O3. The molecule has 2 N–H and O–H groups in total. The largest absolute Gasteiger partial charge is 0.393 e.